The molecule has 2 aromatic carbocycles. The highest BCUT2D eigenvalue weighted by molar-refractivity contribution is 5.94. The van der Waals surface area contributed by atoms with Crippen LogP contribution in [0.25, 0.3) is 0 Å². The molecule has 25 heavy (non-hydrogen) atoms. The molecule has 0 radical (unpaired) electrons. The maximum atomic E-state index is 12.1. The zero-order valence-corrected chi connectivity index (χ0v) is 14.9. The molecule has 2 aromatic rings. The van der Waals surface area contributed by atoms with Crippen LogP contribution in [-0.2, 0) is 4.79 Å². The fraction of sp³-hybridized carbons (Fsp3) is 0.278. The minimum absolute atomic E-state index is 0. The first kappa shape index (κ1) is 18.7. The molecule has 6 nitrogen and oxygen atoms in total. The lowest BCUT2D eigenvalue weighted by Gasteiger charge is -2.11. The van der Waals surface area contributed by atoms with E-state index >= 15 is 0 Å². The molecule has 0 bridgehead atoms. The van der Waals surface area contributed by atoms with Gasteiger partial charge in [0, 0.05) is 12.1 Å². The summed E-state index contributed by atoms with van der Waals surface area (Å²) in [5, 5.41) is 2.77. The average Bonchev–Trinajstić information content (AvgIpc) is 2.98. The predicted octanol–water partition coefficient (Wildman–Crippen LogP) is 3.44. The van der Waals surface area contributed by atoms with Crippen molar-refractivity contribution in [2.75, 3.05) is 24.5 Å². The molecule has 0 spiro atoms. The Morgan fingerprint density at radius 2 is 1.88 bits per heavy atom. The Morgan fingerprint density at radius 1 is 1.16 bits per heavy atom. The Kier molecular flexibility index (Phi) is 5.98. The predicted molar refractivity (Wildman–Crippen MR) is 98.9 cm³/mol. The number of nitrogen functional groups attached to an aromatic ring is 1. The summed E-state index contributed by atoms with van der Waals surface area (Å²) in [4.78, 5) is 12.1. The second-order valence-corrected chi connectivity index (χ2v) is 5.69. The molecule has 0 aliphatic carbocycles. The maximum Gasteiger partial charge on any atom is 0.231 e. The molecule has 1 aliphatic rings. The summed E-state index contributed by atoms with van der Waals surface area (Å²) in [6.07, 6.45) is 0.223. The second kappa shape index (κ2) is 7.98. The number of rotatable bonds is 5. The summed E-state index contributed by atoms with van der Waals surface area (Å²) >= 11 is 0. The van der Waals surface area contributed by atoms with Crippen LogP contribution in [-0.4, -0.2) is 19.3 Å². The van der Waals surface area contributed by atoms with Gasteiger partial charge in [0.15, 0.2) is 11.5 Å². The Hall–Kier alpha value is -2.60. The number of hydrogen-bond acceptors (Lipinski definition) is 5. The van der Waals surface area contributed by atoms with Gasteiger partial charge in [0.2, 0.25) is 12.7 Å². The first-order chi connectivity index (χ1) is 11.5. The van der Waals surface area contributed by atoms with Crippen LogP contribution >= 0.6 is 12.4 Å². The van der Waals surface area contributed by atoms with Crippen LogP contribution in [0.5, 0.6) is 17.2 Å². The number of ether oxygens (including phenoxy) is 3. The second-order valence-electron chi connectivity index (χ2n) is 5.69. The van der Waals surface area contributed by atoms with Gasteiger partial charge in [0.05, 0.1) is 24.4 Å². The van der Waals surface area contributed by atoms with Crippen molar-refractivity contribution >= 4 is 29.7 Å². The van der Waals surface area contributed by atoms with Crippen molar-refractivity contribution in [1.82, 2.24) is 0 Å². The number of benzene rings is 2. The number of nitrogens with one attached hydrogen (secondary N) is 1. The standard InChI is InChI=1S/C18H20N2O4.ClH/c1-11-3-4-13(7-12(11)2)22-6-5-18(21)20-15-9-17-16(8-14(15)19)23-10-24-17;/h3-4,7-9H,5-6,10,19H2,1-2H3,(H,20,21);1H. The minimum Gasteiger partial charge on any atom is -0.493 e. The van der Waals surface area contributed by atoms with Gasteiger partial charge in [-0.2, -0.15) is 0 Å². The van der Waals surface area contributed by atoms with Crippen molar-refractivity contribution in [3.8, 4) is 17.2 Å². The molecule has 0 saturated carbocycles. The number of anilines is 2. The molecular formula is C18H21ClN2O4. The van der Waals surface area contributed by atoms with Crippen LogP contribution in [0.2, 0.25) is 0 Å². The zero-order valence-electron chi connectivity index (χ0n) is 14.1. The number of carbonyl (C=O) groups excluding carboxylic acids is 1. The normalized spacial score (nSPS) is 11.6. The summed E-state index contributed by atoms with van der Waals surface area (Å²) in [5.74, 6) is 1.74. The van der Waals surface area contributed by atoms with E-state index in [-0.39, 0.29) is 31.5 Å². The third-order valence-electron chi connectivity index (χ3n) is 3.90. The van der Waals surface area contributed by atoms with Gasteiger partial charge in [-0.3, -0.25) is 4.79 Å². The van der Waals surface area contributed by atoms with Crippen molar-refractivity contribution in [1.29, 1.82) is 0 Å². The highest BCUT2D eigenvalue weighted by Gasteiger charge is 2.17. The SMILES string of the molecule is Cc1ccc(OCCC(=O)Nc2cc3c(cc2N)OCO3)cc1C.Cl. The molecule has 0 saturated heterocycles. The number of nitrogens with two attached hydrogens (primary N) is 1. The van der Waals surface area contributed by atoms with E-state index in [0.717, 1.165) is 11.3 Å². The Bertz CT molecular complexity index is 780. The average molecular weight is 365 g/mol. The highest BCUT2D eigenvalue weighted by Crippen LogP contribution is 2.38. The van der Waals surface area contributed by atoms with E-state index in [1.807, 2.05) is 32.0 Å². The van der Waals surface area contributed by atoms with E-state index in [0.29, 0.717) is 29.5 Å². The largest absolute Gasteiger partial charge is 0.493 e. The Labute approximate surface area is 152 Å². The number of carbonyl (C=O) groups is 1. The van der Waals surface area contributed by atoms with Crippen molar-refractivity contribution in [3.63, 3.8) is 0 Å². The van der Waals surface area contributed by atoms with E-state index in [4.69, 9.17) is 19.9 Å². The molecule has 0 unspecified atom stereocenters. The van der Waals surface area contributed by atoms with Crippen molar-refractivity contribution in [2.45, 2.75) is 20.3 Å². The van der Waals surface area contributed by atoms with E-state index in [1.54, 1.807) is 12.1 Å². The molecule has 0 atom stereocenters. The van der Waals surface area contributed by atoms with Crippen molar-refractivity contribution in [3.05, 3.63) is 41.5 Å². The first-order valence-electron chi connectivity index (χ1n) is 7.72. The number of hydrogen-bond donors (Lipinski definition) is 2. The van der Waals surface area contributed by atoms with Crippen LogP contribution in [0.4, 0.5) is 11.4 Å². The smallest absolute Gasteiger partial charge is 0.231 e. The van der Waals surface area contributed by atoms with Crippen LogP contribution in [0, 0.1) is 13.8 Å². The van der Waals surface area contributed by atoms with Crippen LogP contribution in [0.3, 0.4) is 0 Å². The van der Waals surface area contributed by atoms with Crippen molar-refractivity contribution < 1.29 is 19.0 Å². The lowest BCUT2D eigenvalue weighted by Crippen LogP contribution is -2.16. The molecule has 1 amide bonds. The molecule has 7 heteroatoms. The Morgan fingerprint density at radius 3 is 2.60 bits per heavy atom. The number of amides is 1. The number of halogens is 1. The number of aryl methyl sites for hydroxylation is 2. The van der Waals surface area contributed by atoms with Gasteiger partial charge >= 0.3 is 0 Å². The fourth-order valence-electron chi connectivity index (χ4n) is 2.34. The van der Waals surface area contributed by atoms with Crippen LogP contribution in [0.15, 0.2) is 30.3 Å². The third kappa shape index (κ3) is 4.48. The minimum atomic E-state index is -0.176. The summed E-state index contributed by atoms with van der Waals surface area (Å²) in [6, 6.07) is 9.17. The lowest BCUT2D eigenvalue weighted by molar-refractivity contribution is -0.116. The zero-order chi connectivity index (χ0) is 17.1. The van der Waals surface area contributed by atoms with Crippen molar-refractivity contribution in [2.24, 2.45) is 0 Å². The van der Waals surface area contributed by atoms with Gasteiger partial charge in [-0.05, 0) is 37.1 Å². The first-order valence-corrected chi connectivity index (χ1v) is 7.72. The molecule has 3 rings (SSSR count). The monoisotopic (exact) mass is 364 g/mol. The summed E-state index contributed by atoms with van der Waals surface area (Å²) in [7, 11) is 0. The van der Waals surface area contributed by atoms with Gasteiger partial charge in [-0.25, -0.2) is 0 Å². The summed E-state index contributed by atoms with van der Waals surface area (Å²) in [5.41, 5.74) is 9.22. The molecular weight excluding hydrogens is 344 g/mol. The van der Waals surface area contributed by atoms with E-state index in [2.05, 4.69) is 5.32 Å². The third-order valence-corrected chi connectivity index (χ3v) is 3.90. The van der Waals surface area contributed by atoms with Crippen LogP contribution < -0.4 is 25.3 Å². The van der Waals surface area contributed by atoms with E-state index < -0.39 is 0 Å². The topological polar surface area (TPSA) is 82.8 Å². The molecule has 3 N–H and O–H groups in total. The lowest BCUT2D eigenvalue weighted by atomic mass is 10.1. The summed E-state index contributed by atoms with van der Waals surface area (Å²) in [6.45, 7) is 4.52. The fourth-order valence-corrected chi connectivity index (χ4v) is 2.34. The van der Waals surface area contributed by atoms with Gasteiger partial charge in [0.25, 0.3) is 0 Å². The molecule has 0 aromatic heterocycles. The molecule has 0 fully saturated rings. The quantitative estimate of drug-likeness (QED) is 0.794. The highest BCUT2D eigenvalue weighted by atomic mass is 35.5. The Balaban J connectivity index is 0.00000225. The molecule has 134 valence electrons. The van der Waals surface area contributed by atoms with Crippen LogP contribution in [0.1, 0.15) is 17.5 Å². The summed E-state index contributed by atoms with van der Waals surface area (Å²) < 4.78 is 16.1. The molecule has 1 aliphatic heterocycles. The molecule has 1 heterocycles. The van der Waals surface area contributed by atoms with Gasteiger partial charge in [-0.1, -0.05) is 6.07 Å². The van der Waals surface area contributed by atoms with Gasteiger partial charge in [0.1, 0.15) is 5.75 Å². The maximum absolute atomic E-state index is 12.1. The van der Waals surface area contributed by atoms with E-state index in [9.17, 15) is 4.79 Å². The van der Waals surface area contributed by atoms with E-state index in [1.165, 1.54) is 5.56 Å². The number of fused-ring (bicyclic) bond motifs is 1. The van der Waals surface area contributed by atoms with Gasteiger partial charge < -0.3 is 25.3 Å². The van der Waals surface area contributed by atoms with Gasteiger partial charge in [-0.15, -0.1) is 12.4 Å².